The highest BCUT2D eigenvalue weighted by Crippen LogP contribution is 2.24. The maximum Gasteiger partial charge on any atom is 0.270 e. The lowest BCUT2D eigenvalue weighted by molar-refractivity contribution is 0.0946. The number of nitrogens with zero attached hydrogens (tertiary/aromatic N) is 4. The molecule has 0 unspecified atom stereocenters. The summed E-state index contributed by atoms with van der Waals surface area (Å²) in [4.78, 5) is 25.4. The first kappa shape index (κ1) is 19.5. The van der Waals surface area contributed by atoms with Crippen LogP contribution in [-0.4, -0.2) is 48.0 Å². The summed E-state index contributed by atoms with van der Waals surface area (Å²) in [7, 11) is 3.94. The lowest BCUT2D eigenvalue weighted by atomic mass is 10.2. The van der Waals surface area contributed by atoms with Crippen LogP contribution in [0, 0.1) is 0 Å². The number of hydrogen-bond donors (Lipinski definition) is 1. The Kier molecular flexibility index (Phi) is 6.70. The second-order valence-electron chi connectivity index (χ2n) is 6.71. The molecule has 0 aliphatic rings. The highest BCUT2D eigenvalue weighted by atomic mass is 16.1. The Labute approximate surface area is 165 Å². The van der Waals surface area contributed by atoms with Crippen LogP contribution in [0.3, 0.4) is 0 Å². The smallest absolute Gasteiger partial charge is 0.270 e. The molecule has 1 N–H and O–H groups in total. The monoisotopic (exact) mass is 375 g/mol. The SMILES string of the molecule is CN(C)CCNC(=O)c1ccnc(N(Cc2ccccc2)c2ccccc2)n1. The molecule has 0 saturated heterocycles. The van der Waals surface area contributed by atoms with Crippen molar-refractivity contribution in [3.05, 3.63) is 84.2 Å². The zero-order chi connectivity index (χ0) is 19.8. The Morgan fingerprint density at radius 1 is 0.964 bits per heavy atom. The van der Waals surface area contributed by atoms with Crippen LogP contribution in [-0.2, 0) is 6.54 Å². The van der Waals surface area contributed by atoms with Crippen molar-refractivity contribution in [3.8, 4) is 0 Å². The van der Waals surface area contributed by atoms with Crippen molar-refractivity contribution in [1.29, 1.82) is 0 Å². The molecule has 1 heterocycles. The maximum atomic E-state index is 12.5. The zero-order valence-corrected chi connectivity index (χ0v) is 16.2. The predicted molar refractivity (Wildman–Crippen MR) is 112 cm³/mol. The molecular weight excluding hydrogens is 350 g/mol. The van der Waals surface area contributed by atoms with Crippen molar-refractivity contribution in [1.82, 2.24) is 20.2 Å². The Bertz CT molecular complexity index is 884. The van der Waals surface area contributed by atoms with E-state index in [1.807, 2.05) is 72.4 Å². The number of rotatable bonds is 8. The van der Waals surface area contributed by atoms with E-state index in [0.29, 0.717) is 24.7 Å². The summed E-state index contributed by atoms with van der Waals surface area (Å²) in [5, 5.41) is 2.90. The minimum Gasteiger partial charge on any atom is -0.349 e. The summed E-state index contributed by atoms with van der Waals surface area (Å²) < 4.78 is 0. The third kappa shape index (κ3) is 5.37. The van der Waals surface area contributed by atoms with Crippen LogP contribution in [0.1, 0.15) is 16.1 Å². The highest BCUT2D eigenvalue weighted by molar-refractivity contribution is 5.92. The molecule has 3 aromatic rings. The summed E-state index contributed by atoms with van der Waals surface area (Å²) in [5.41, 5.74) is 2.46. The summed E-state index contributed by atoms with van der Waals surface area (Å²) in [6, 6.07) is 21.7. The van der Waals surface area contributed by atoms with Crippen molar-refractivity contribution in [2.24, 2.45) is 0 Å². The fraction of sp³-hybridized carbons (Fsp3) is 0.227. The van der Waals surface area contributed by atoms with Gasteiger partial charge in [-0.2, -0.15) is 0 Å². The van der Waals surface area contributed by atoms with Crippen molar-refractivity contribution in [2.75, 3.05) is 32.1 Å². The number of nitrogens with one attached hydrogen (secondary N) is 1. The number of aromatic nitrogens is 2. The van der Waals surface area contributed by atoms with Crippen LogP contribution in [0.5, 0.6) is 0 Å². The van der Waals surface area contributed by atoms with Crippen molar-refractivity contribution in [2.45, 2.75) is 6.54 Å². The van der Waals surface area contributed by atoms with Gasteiger partial charge in [-0.1, -0.05) is 48.5 Å². The Hall–Kier alpha value is -3.25. The van der Waals surface area contributed by atoms with E-state index in [-0.39, 0.29) is 5.91 Å². The first-order chi connectivity index (χ1) is 13.6. The van der Waals surface area contributed by atoms with Crippen LogP contribution < -0.4 is 10.2 Å². The van der Waals surface area contributed by atoms with E-state index in [0.717, 1.165) is 17.8 Å². The van der Waals surface area contributed by atoms with Gasteiger partial charge in [0.25, 0.3) is 5.91 Å². The molecule has 0 saturated carbocycles. The second kappa shape index (κ2) is 9.62. The molecule has 0 radical (unpaired) electrons. The van der Waals surface area contributed by atoms with E-state index in [9.17, 15) is 4.79 Å². The summed E-state index contributed by atoms with van der Waals surface area (Å²) >= 11 is 0. The molecule has 0 spiro atoms. The van der Waals surface area contributed by atoms with E-state index in [1.165, 1.54) is 0 Å². The fourth-order valence-corrected chi connectivity index (χ4v) is 2.74. The van der Waals surface area contributed by atoms with Gasteiger partial charge in [-0.15, -0.1) is 0 Å². The largest absolute Gasteiger partial charge is 0.349 e. The zero-order valence-electron chi connectivity index (χ0n) is 16.2. The van der Waals surface area contributed by atoms with Gasteiger partial charge in [0.15, 0.2) is 0 Å². The van der Waals surface area contributed by atoms with E-state index in [1.54, 1.807) is 12.3 Å². The number of hydrogen-bond acceptors (Lipinski definition) is 5. The van der Waals surface area contributed by atoms with Gasteiger partial charge in [-0.25, -0.2) is 9.97 Å². The van der Waals surface area contributed by atoms with Gasteiger partial charge in [0.05, 0.1) is 6.54 Å². The van der Waals surface area contributed by atoms with Gasteiger partial charge in [-0.3, -0.25) is 4.79 Å². The number of para-hydroxylation sites is 1. The van der Waals surface area contributed by atoms with Gasteiger partial charge < -0.3 is 15.1 Å². The third-order valence-corrected chi connectivity index (χ3v) is 4.21. The molecule has 6 nitrogen and oxygen atoms in total. The molecule has 0 fully saturated rings. The molecular formula is C22H25N5O. The highest BCUT2D eigenvalue weighted by Gasteiger charge is 2.15. The van der Waals surface area contributed by atoms with Gasteiger partial charge in [0, 0.05) is 25.0 Å². The Morgan fingerprint density at radius 3 is 2.32 bits per heavy atom. The lowest BCUT2D eigenvalue weighted by Crippen LogP contribution is -2.32. The molecule has 3 rings (SSSR count). The molecule has 0 aliphatic heterocycles. The first-order valence-corrected chi connectivity index (χ1v) is 9.26. The van der Waals surface area contributed by atoms with E-state index in [2.05, 4.69) is 27.4 Å². The minimum absolute atomic E-state index is 0.196. The summed E-state index contributed by atoms with van der Waals surface area (Å²) in [5.74, 6) is 0.300. The quantitative estimate of drug-likeness (QED) is 0.656. The first-order valence-electron chi connectivity index (χ1n) is 9.26. The molecule has 0 atom stereocenters. The molecule has 6 heteroatoms. The number of benzene rings is 2. The average molecular weight is 375 g/mol. The third-order valence-electron chi connectivity index (χ3n) is 4.21. The molecule has 1 amide bonds. The molecule has 2 aromatic carbocycles. The van der Waals surface area contributed by atoms with Crippen LogP contribution in [0.2, 0.25) is 0 Å². The van der Waals surface area contributed by atoms with Gasteiger partial charge in [0.2, 0.25) is 5.95 Å². The van der Waals surface area contributed by atoms with Gasteiger partial charge in [0.1, 0.15) is 5.69 Å². The number of likely N-dealkylation sites (N-methyl/N-ethyl adjacent to an activating group) is 1. The van der Waals surface area contributed by atoms with Crippen molar-refractivity contribution < 1.29 is 4.79 Å². The number of carbonyl (C=O) groups is 1. The topological polar surface area (TPSA) is 61.4 Å². The molecule has 0 aliphatic carbocycles. The number of amides is 1. The minimum atomic E-state index is -0.196. The Morgan fingerprint density at radius 2 is 1.64 bits per heavy atom. The molecule has 144 valence electrons. The summed E-state index contributed by atoms with van der Waals surface area (Å²) in [6.45, 7) is 1.95. The molecule has 0 bridgehead atoms. The molecule has 28 heavy (non-hydrogen) atoms. The van der Waals surface area contributed by atoms with E-state index < -0.39 is 0 Å². The average Bonchev–Trinajstić information content (AvgIpc) is 2.73. The van der Waals surface area contributed by atoms with Gasteiger partial charge in [-0.05, 0) is 37.9 Å². The van der Waals surface area contributed by atoms with Crippen LogP contribution in [0.4, 0.5) is 11.6 Å². The lowest BCUT2D eigenvalue weighted by Gasteiger charge is -2.23. The van der Waals surface area contributed by atoms with Crippen LogP contribution in [0.25, 0.3) is 0 Å². The van der Waals surface area contributed by atoms with Crippen molar-refractivity contribution >= 4 is 17.5 Å². The maximum absolute atomic E-state index is 12.5. The van der Waals surface area contributed by atoms with Crippen LogP contribution >= 0.6 is 0 Å². The Balaban J connectivity index is 1.85. The van der Waals surface area contributed by atoms with E-state index in [4.69, 9.17) is 0 Å². The second-order valence-corrected chi connectivity index (χ2v) is 6.71. The number of carbonyl (C=O) groups excluding carboxylic acids is 1. The van der Waals surface area contributed by atoms with Crippen molar-refractivity contribution in [3.63, 3.8) is 0 Å². The molecule has 1 aromatic heterocycles. The van der Waals surface area contributed by atoms with Crippen LogP contribution in [0.15, 0.2) is 72.9 Å². The number of anilines is 2. The standard InChI is InChI=1S/C22H25N5O/c1-26(2)16-15-23-21(28)20-13-14-24-22(25-20)27(19-11-7-4-8-12-19)17-18-9-5-3-6-10-18/h3-14H,15-17H2,1-2H3,(H,23,28). The fourth-order valence-electron chi connectivity index (χ4n) is 2.74. The predicted octanol–water partition coefficient (Wildman–Crippen LogP) is 3.11. The van der Waals surface area contributed by atoms with E-state index >= 15 is 0 Å². The normalized spacial score (nSPS) is 10.7. The van der Waals surface area contributed by atoms with Gasteiger partial charge >= 0.3 is 0 Å². The summed E-state index contributed by atoms with van der Waals surface area (Å²) in [6.07, 6.45) is 1.63.